The topological polar surface area (TPSA) is 35.2 Å². The van der Waals surface area contributed by atoms with E-state index in [1.54, 1.807) is 23.5 Å². The van der Waals surface area contributed by atoms with Crippen LogP contribution in [-0.4, -0.2) is 6.04 Å². The highest BCUT2D eigenvalue weighted by Gasteiger charge is 2.22. The van der Waals surface area contributed by atoms with Gasteiger partial charge in [-0.05, 0) is 49.1 Å². The van der Waals surface area contributed by atoms with E-state index < -0.39 is 0 Å². The Hall–Kier alpha value is -0.910. The van der Waals surface area contributed by atoms with Crippen molar-refractivity contribution in [2.24, 2.45) is 5.73 Å². The van der Waals surface area contributed by atoms with Crippen LogP contribution in [0, 0.1) is 12.7 Å². The summed E-state index contributed by atoms with van der Waals surface area (Å²) in [5.74, 6) is -0.174. The SMILES string of the molecule is Cc1ccsc1C(Oc1cc(Br)ccc1F)C(C)N. The summed E-state index contributed by atoms with van der Waals surface area (Å²) in [5.41, 5.74) is 7.09. The molecule has 0 amide bonds. The molecule has 19 heavy (non-hydrogen) atoms. The van der Waals surface area contributed by atoms with Crippen molar-refractivity contribution in [3.8, 4) is 5.75 Å². The highest BCUT2D eigenvalue weighted by atomic mass is 79.9. The fourth-order valence-electron chi connectivity index (χ4n) is 1.78. The lowest BCUT2D eigenvalue weighted by atomic mass is 10.1. The maximum absolute atomic E-state index is 13.8. The summed E-state index contributed by atoms with van der Waals surface area (Å²) in [5, 5.41) is 1.99. The van der Waals surface area contributed by atoms with Crippen molar-refractivity contribution in [1.82, 2.24) is 0 Å². The van der Waals surface area contributed by atoms with Gasteiger partial charge in [0, 0.05) is 15.4 Å². The summed E-state index contributed by atoms with van der Waals surface area (Å²) >= 11 is 4.89. The van der Waals surface area contributed by atoms with Gasteiger partial charge in [0.15, 0.2) is 11.6 Å². The molecule has 5 heteroatoms. The van der Waals surface area contributed by atoms with Gasteiger partial charge >= 0.3 is 0 Å². The Labute approximate surface area is 124 Å². The van der Waals surface area contributed by atoms with E-state index in [1.807, 2.05) is 25.3 Å². The molecule has 2 nitrogen and oxygen atoms in total. The third kappa shape index (κ3) is 3.35. The molecule has 0 saturated carbocycles. The van der Waals surface area contributed by atoms with Crippen molar-refractivity contribution in [3.05, 3.63) is 50.4 Å². The lowest BCUT2D eigenvalue weighted by Gasteiger charge is -2.22. The number of nitrogens with two attached hydrogens (primary N) is 1. The van der Waals surface area contributed by atoms with E-state index in [2.05, 4.69) is 15.9 Å². The van der Waals surface area contributed by atoms with Gasteiger partial charge in [0.05, 0.1) is 0 Å². The van der Waals surface area contributed by atoms with Crippen molar-refractivity contribution >= 4 is 27.3 Å². The molecule has 0 radical (unpaired) electrons. The molecule has 2 unspecified atom stereocenters. The first-order valence-electron chi connectivity index (χ1n) is 5.90. The van der Waals surface area contributed by atoms with Crippen molar-refractivity contribution in [1.29, 1.82) is 0 Å². The molecular formula is C14H15BrFNOS. The summed E-state index contributed by atoms with van der Waals surface area (Å²) < 4.78 is 20.3. The molecule has 1 aromatic carbocycles. The third-order valence-electron chi connectivity index (χ3n) is 2.78. The molecule has 0 spiro atoms. The van der Waals surface area contributed by atoms with Crippen LogP contribution < -0.4 is 10.5 Å². The molecule has 102 valence electrons. The van der Waals surface area contributed by atoms with E-state index >= 15 is 0 Å². The molecule has 2 atom stereocenters. The van der Waals surface area contributed by atoms with Crippen LogP contribution in [0.2, 0.25) is 0 Å². The van der Waals surface area contributed by atoms with Crippen LogP contribution in [-0.2, 0) is 0 Å². The predicted molar refractivity (Wildman–Crippen MR) is 80.2 cm³/mol. The van der Waals surface area contributed by atoms with E-state index in [0.29, 0.717) is 0 Å². The molecule has 0 fully saturated rings. The van der Waals surface area contributed by atoms with Gasteiger partial charge in [0.25, 0.3) is 0 Å². The molecule has 0 aliphatic heterocycles. The smallest absolute Gasteiger partial charge is 0.165 e. The minimum absolute atomic E-state index is 0.212. The molecule has 2 N–H and O–H groups in total. The van der Waals surface area contributed by atoms with Gasteiger partial charge in [-0.1, -0.05) is 15.9 Å². The van der Waals surface area contributed by atoms with Gasteiger partial charge < -0.3 is 10.5 Å². The Morgan fingerprint density at radius 2 is 2.11 bits per heavy atom. The average molecular weight is 344 g/mol. The molecule has 0 aliphatic rings. The molecule has 1 aromatic heterocycles. The molecular weight excluding hydrogens is 329 g/mol. The van der Waals surface area contributed by atoms with Crippen molar-refractivity contribution < 1.29 is 9.13 Å². The number of aryl methyl sites for hydroxylation is 1. The Morgan fingerprint density at radius 3 is 2.68 bits per heavy atom. The second kappa shape index (κ2) is 6.03. The van der Waals surface area contributed by atoms with Gasteiger partial charge in [-0.2, -0.15) is 0 Å². The van der Waals surface area contributed by atoms with E-state index in [9.17, 15) is 4.39 Å². The van der Waals surface area contributed by atoms with Gasteiger partial charge in [-0.3, -0.25) is 0 Å². The average Bonchev–Trinajstić information content (AvgIpc) is 2.76. The van der Waals surface area contributed by atoms with E-state index in [0.717, 1.165) is 14.9 Å². The summed E-state index contributed by atoms with van der Waals surface area (Å²) in [6.07, 6.45) is -0.344. The van der Waals surface area contributed by atoms with Gasteiger partial charge in [0.2, 0.25) is 0 Å². The fraction of sp³-hybridized carbons (Fsp3) is 0.286. The van der Waals surface area contributed by atoms with Crippen molar-refractivity contribution in [2.75, 3.05) is 0 Å². The first-order chi connectivity index (χ1) is 8.99. The summed E-state index contributed by atoms with van der Waals surface area (Å²) in [6.45, 7) is 3.86. The Kier molecular flexibility index (Phi) is 4.60. The maximum atomic E-state index is 13.8. The fourth-order valence-corrected chi connectivity index (χ4v) is 3.19. The Balaban J connectivity index is 2.32. The van der Waals surface area contributed by atoms with Crippen molar-refractivity contribution in [3.63, 3.8) is 0 Å². The van der Waals surface area contributed by atoms with Crippen LogP contribution in [0.5, 0.6) is 5.75 Å². The van der Waals surface area contributed by atoms with Gasteiger partial charge in [-0.15, -0.1) is 11.3 Å². The van der Waals surface area contributed by atoms with Crippen LogP contribution >= 0.6 is 27.3 Å². The molecule has 2 rings (SSSR count). The van der Waals surface area contributed by atoms with Crippen LogP contribution in [0.15, 0.2) is 34.1 Å². The van der Waals surface area contributed by atoms with E-state index in [4.69, 9.17) is 10.5 Å². The first kappa shape index (κ1) is 14.5. The minimum atomic E-state index is -0.386. The zero-order valence-electron chi connectivity index (χ0n) is 10.7. The molecule has 0 aliphatic carbocycles. The van der Waals surface area contributed by atoms with Gasteiger partial charge in [0.1, 0.15) is 6.10 Å². The number of thiophene rings is 1. The summed E-state index contributed by atoms with van der Waals surface area (Å²) in [7, 11) is 0. The van der Waals surface area contributed by atoms with E-state index in [1.165, 1.54) is 6.07 Å². The highest BCUT2D eigenvalue weighted by Crippen LogP contribution is 2.32. The van der Waals surface area contributed by atoms with Crippen LogP contribution in [0.1, 0.15) is 23.5 Å². The number of halogens is 2. The quantitative estimate of drug-likeness (QED) is 0.891. The maximum Gasteiger partial charge on any atom is 0.165 e. The normalized spacial score (nSPS) is 14.2. The second-order valence-corrected chi connectivity index (χ2v) is 6.30. The number of hydrogen-bond donors (Lipinski definition) is 1. The first-order valence-corrected chi connectivity index (χ1v) is 7.57. The lowest BCUT2D eigenvalue weighted by molar-refractivity contribution is 0.175. The monoisotopic (exact) mass is 343 g/mol. The number of benzene rings is 1. The second-order valence-electron chi connectivity index (χ2n) is 4.44. The van der Waals surface area contributed by atoms with Crippen LogP contribution in [0.25, 0.3) is 0 Å². The standard InChI is InChI=1S/C14H15BrFNOS/c1-8-5-6-19-14(8)13(9(2)17)18-12-7-10(15)3-4-11(12)16/h3-7,9,13H,17H2,1-2H3. The Bertz CT molecular complexity index is 570. The summed E-state index contributed by atoms with van der Waals surface area (Å²) in [6, 6.07) is 6.41. The van der Waals surface area contributed by atoms with Crippen LogP contribution in [0.3, 0.4) is 0 Å². The number of ether oxygens (including phenoxy) is 1. The van der Waals surface area contributed by atoms with E-state index in [-0.39, 0.29) is 23.7 Å². The zero-order valence-corrected chi connectivity index (χ0v) is 13.1. The Morgan fingerprint density at radius 1 is 1.37 bits per heavy atom. The molecule has 1 heterocycles. The predicted octanol–water partition coefficient (Wildman–Crippen LogP) is 4.43. The number of rotatable bonds is 4. The van der Waals surface area contributed by atoms with Crippen molar-refractivity contribution in [2.45, 2.75) is 26.0 Å². The van der Waals surface area contributed by atoms with Gasteiger partial charge in [-0.25, -0.2) is 4.39 Å². The minimum Gasteiger partial charge on any atom is -0.480 e. The zero-order chi connectivity index (χ0) is 14.0. The van der Waals surface area contributed by atoms with Crippen LogP contribution in [0.4, 0.5) is 4.39 Å². The molecule has 2 aromatic rings. The largest absolute Gasteiger partial charge is 0.480 e. The number of hydrogen-bond acceptors (Lipinski definition) is 3. The molecule has 0 saturated heterocycles. The summed E-state index contributed by atoms with van der Waals surface area (Å²) in [4.78, 5) is 1.04. The highest BCUT2D eigenvalue weighted by molar-refractivity contribution is 9.10. The molecule has 0 bridgehead atoms. The third-order valence-corrected chi connectivity index (χ3v) is 4.36. The lowest BCUT2D eigenvalue weighted by Crippen LogP contribution is -2.29.